The lowest BCUT2D eigenvalue weighted by Crippen LogP contribution is -2.63. The van der Waals surface area contributed by atoms with E-state index in [1.807, 2.05) is 6.92 Å². The maximum Gasteiger partial charge on any atom is 0.254 e. The first kappa shape index (κ1) is 12.8. The molecule has 1 aliphatic rings. The van der Waals surface area contributed by atoms with Gasteiger partial charge in [-0.05, 0) is 24.6 Å². The minimum absolute atomic E-state index is 0.0483. The zero-order chi connectivity index (χ0) is 13.3. The number of nitrogens with zero attached hydrogens (tertiary/aromatic N) is 1. The third kappa shape index (κ3) is 2.18. The highest BCUT2D eigenvalue weighted by atomic mass is 19.1. The number of carbonyl (C=O) groups is 1. The van der Waals surface area contributed by atoms with E-state index >= 15 is 0 Å². The third-order valence-corrected chi connectivity index (χ3v) is 3.31. The van der Waals surface area contributed by atoms with E-state index < -0.39 is 11.4 Å². The van der Waals surface area contributed by atoms with Gasteiger partial charge in [0.05, 0.1) is 25.8 Å². The number of benzene rings is 1. The highest BCUT2D eigenvalue weighted by molar-refractivity contribution is 5.95. The van der Waals surface area contributed by atoms with Crippen molar-refractivity contribution in [1.82, 2.24) is 4.90 Å². The summed E-state index contributed by atoms with van der Waals surface area (Å²) in [6.45, 7) is 2.52. The van der Waals surface area contributed by atoms with Crippen molar-refractivity contribution < 1.29 is 19.0 Å². The molecule has 1 fully saturated rings. The van der Waals surface area contributed by atoms with E-state index in [0.717, 1.165) is 0 Å². The number of carbonyl (C=O) groups excluding carboxylic acids is 1. The Morgan fingerprint density at radius 3 is 2.78 bits per heavy atom. The number of methoxy groups -OCH3 is 1. The van der Waals surface area contributed by atoms with Crippen molar-refractivity contribution in [3.05, 3.63) is 29.6 Å². The summed E-state index contributed by atoms with van der Waals surface area (Å²) < 4.78 is 18.1. The summed E-state index contributed by atoms with van der Waals surface area (Å²) in [6, 6.07) is 4.00. The molecule has 0 bridgehead atoms. The molecule has 1 N–H and O–H groups in total. The number of amides is 1. The lowest BCUT2D eigenvalue weighted by molar-refractivity contribution is -0.0826. The molecule has 2 rings (SSSR count). The van der Waals surface area contributed by atoms with Crippen molar-refractivity contribution in [3.8, 4) is 5.75 Å². The second-order valence-electron chi connectivity index (χ2n) is 4.59. The average Bonchev–Trinajstić information content (AvgIpc) is 2.34. The lowest BCUT2D eigenvalue weighted by Gasteiger charge is -2.46. The minimum Gasteiger partial charge on any atom is -0.494 e. The first-order valence-corrected chi connectivity index (χ1v) is 5.84. The minimum atomic E-state index is -0.764. The summed E-state index contributed by atoms with van der Waals surface area (Å²) in [5.41, 5.74) is -0.397. The van der Waals surface area contributed by atoms with Crippen LogP contribution in [0.25, 0.3) is 0 Å². The number of halogens is 1. The number of hydrogen-bond acceptors (Lipinski definition) is 3. The Hall–Kier alpha value is -1.62. The van der Waals surface area contributed by atoms with Gasteiger partial charge in [-0.15, -0.1) is 0 Å². The third-order valence-electron chi connectivity index (χ3n) is 3.31. The quantitative estimate of drug-likeness (QED) is 0.886. The molecule has 0 unspecified atom stereocenters. The summed E-state index contributed by atoms with van der Waals surface area (Å²) in [6.07, 6.45) is 0.615. The van der Waals surface area contributed by atoms with Gasteiger partial charge in [0, 0.05) is 5.56 Å². The summed E-state index contributed by atoms with van der Waals surface area (Å²) in [4.78, 5) is 13.6. The molecular weight excluding hydrogens is 237 g/mol. The van der Waals surface area contributed by atoms with Crippen molar-refractivity contribution >= 4 is 5.91 Å². The molecule has 1 saturated heterocycles. The zero-order valence-corrected chi connectivity index (χ0v) is 10.4. The molecule has 0 spiro atoms. The van der Waals surface area contributed by atoms with E-state index in [4.69, 9.17) is 4.74 Å². The van der Waals surface area contributed by atoms with Gasteiger partial charge in [0.1, 0.15) is 0 Å². The highest BCUT2D eigenvalue weighted by Crippen LogP contribution is 2.27. The normalized spacial score (nSPS) is 17.2. The van der Waals surface area contributed by atoms with Crippen LogP contribution in [0.4, 0.5) is 4.39 Å². The standard InChI is InChI=1S/C13H16FNO3/c1-3-13(17)7-15(8-13)12(16)9-4-5-10(14)11(6-9)18-2/h4-6,17H,3,7-8H2,1-2H3. The molecule has 18 heavy (non-hydrogen) atoms. The van der Waals surface area contributed by atoms with E-state index in [1.54, 1.807) is 0 Å². The molecule has 1 aliphatic heterocycles. The van der Waals surface area contributed by atoms with Crippen LogP contribution in [0.3, 0.4) is 0 Å². The molecule has 0 aromatic heterocycles. The van der Waals surface area contributed by atoms with Gasteiger partial charge in [0.15, 0.2) is 11.6 Å². The molecule has 98 valence electrons. The first-order valence-electron chi connectivity index (χ1n) is 5.84. The van der Waals surface area contributed by atoms with Crippen molar-refractivity contribution in [1.29, 1.82) is 0 Å². The fourth-order valence-electron chi connectivity index (χ4n) is 2.01. The topological polar surface area (TPSA) is 49.8 Å². The van der Waals surface area contributed by atoms with E-state index in [-0.39, 0.29) is 11.7 Å². The molecule has 0 atom stereocenters. The molecule has 0 saturated carbocycles. The van der Waals surface area contributed by atoms with Crippen LogP contribution < -0.4 is 4.74 Å². The molecule has 1 heterocycles. The first-order chi connectivity index (χ1) is 8.49. The fraction of sp³-hybridized carbons (Fsp3) is 0.462. The number of likely N-dealkylation sites (tertiary alicyclic amines) is 1. The molecular formula is C13H16FNO3. The lowest BCUT2D eigenvalue weighted by atomic mass is 9.90. The Kier molecular flexibility index (Phi) is 3.26. The van der Waals surface area contributed by atoms with Gasteiger partial charge in [0.25, 0.3) is 5.91 Å². The maximum absolute atomic E-state index is 13.2. The van der Waals surface area contributed by atoms with Gasteiger partial charge in [-0.3, -0.25) is 4.79 Å². The Labute approximate surface area is 105 Å². The fourth-order valence-corrected chi connectivity index (χ4v) is 2.01. The average molecular weight is 253 g/mol. The largest absolute Gasteiger partial charge is 0.494 e. The monoisotopic (exact) mass is 253 g/mol. The van der Waals surface area contributed by atoms with Gasteiger partial charge in [-0.2, -0.15) is 0 Å². The van der Waals surface area contributed by atoms with Crippen LogP contribution in [0.5, 0.6) is 5.75 Å². The summed E-state index contributed by atoms with van der Waals surface area (Å²) in [7, 11) is 1.35. The van der Waals surface area contributed by atoms with Crippen LogP contribution in [0.2, 0.25) is 0 Å². The number of β-amino-alcohol motifs (C(OH)–C–C–N with tert-alkyl or cyclic N) is 1. The van der Waals surface area contributed by atoms with Gasteiger partial charge < -0.3 is 14.7 Å². The summed E-state index contributed by atoms with van der Waals surface area (Å²) in [5.74, 6) is -0.665. The zero-order valence-electron chi connectivity index (χ0n) is 10.4. The van der Waals surface area contributed by atoms with Crippen molar-refractivity contribution in [2.24, 2.45) is 0 Å². The van der Waals surface area contributed by atoms with E-state index in [0.29, 0.717) is 25.1 Å². The van der Waals surface area contributed by atoms with Gasteiger partial charge in [-0.1, -0.05) is 6.92 Å². The van der Waals surface area contributed by atoms with Crippen molar-refractivity contribution in [2.75, 3.05) is 20.2 Å². The highest BCUT2D eigenvalue weighted by Gasteiger charge is 2.42. The Bertz CT molecular complexity index is 469. The Balaban J connectivity index is 2.11. The second-order valence-corrected chi connectivity index (χ2v) is 4.59. The number of hydrogen-bond donors (Lipinski definition) is 1. The molecule has 0 aliphatic carbocycles. The van der Waals surface area contributed by atoms with Crippen LogP contribution in [-0.2, 0) is 0 Å². The maximum atomic E-state index is 13.2. The number of rotatable bonds is 3. The van der Waals surface area contributed by atoms with Crippen molar-refractivity contribution in [3.63, 3.8) is 0 Å². The molecule has 0 radical (unpaired) electrons. The number of ether oxygens (including phenoxy) is 1. The van der Waals surface area contributed by atoms with Crippen LogP contribution >= 0.6 is 0 Å². The van der Waals surface area contributed by atoms with Crippen LogP contribution in [0.1, 0.15) is 23.7 Å². The predicted molar refractivity (Wildman–Crippen MR) is 64.1 cm³/mol. The molecule has 1 amide bonds. The van der Waals surface area contributed by atoms with Gasteiger partial charge >= 0.3 is 0 Å². The van der Waals surface area contributed by atoms with Crippen LogP contribution in [0, 0.1) is 5.82 Å². The summed E-state index contributed by atoms with van der Waals surface area (Å²) in [5, 5.41) is 9.85. The van der Waals surface area contributed by atoms with Crippen LogP contribution in [-0.4, -0.2) is 41.7 Å². The Morgan fingerprint density at radius 2 is 2.22 bits per heavy atom. The summed E-state index contributed by atoms with van der Waals surface area (Å²) >= 11 is 0. The van der Waals surface area contributed by atoms with E-state index in [2.05, 4.69) is 0 Å². The van der Waals surface area contributed by atoms with Gasteiger partial charge in [-0.25, -0.2) is 4.39 Å². The smallest absolute Gasteiger partial charge is 0.254 e. The molecule has 5 heteroatoms. The molecule has 4 nitrogen and oxygen atoms in total. The van der Waals surface area contributed by atoms with Gasteiger partial charge in [0.2, 0.25) is 0 Å². The molecule has 1 aromatic carbocycles. The molecule has 1 aromatic rings. The van der Waals surface area contributed by atoms with E-state index in [9.17, 15) is 14.3 Å². The van der Waals surface area contributed by atoms with Crippen molar-refractivity contribution in [2.45, 2.75) is 18.9 Å². The second kappa shape index (κ2) is 4.57. The SMILES string of the molecule is CCC1(O)CN(C(=O)c2ccc(F)c(OC)c2)C1. The predicted octanol–water partition coefficient (Wildman–Crippen LogP) is 1.43. The van der Waals surface area contributed by atoms with Crippen LogP contribution in [0.15, 0.2) is 18.2 Å². The number of aliphatic hydroxyl groups is 1. The Morgan fingerprint density at radius 1 is 1.56 bits per heavy atom. The van der Waals surface area contributed by atoms with E-state index in [1.165, 1.54) is 30.2 Å².